The lowest BCUT2D eigenvalue weighted by Gasteiger charge is -2.29. The Balaban J connectivity index is 2.46. The molecule has 1 aromatic carbocycles. The van der Waals surface area contributed by atoms with Crippen molar-refractivity contribution < 1.29 is 13.9 Å². The summed E-state index contributed by atoms with van der Waals surface area (Å²) < 4.78 is 26.4. The van der Waals surface area contributed by atoms with Gasteiger partial charge in [0.25, 0.3) is 0 Å². The maximum absolute atomic E-state index is 13.4. The lowest BCUT2D eigenvalue weighted by molar-refractivity contribution is 0.169. The highest BCUT2D eigenvalue weighted by atomic mass is 32.2. The summed E-state index contributed by atoms with van der Waals surface area (Å²) in [5.74, 6) is -0.657. The fraction of sp³-hybridized carbons (Fsp3) is 0.455. The Morgan fingerprint density at radius 3 is 2.87 bits per heavy atom. The number of aliphatic hydroxyl groups excluding tert-OH is 1. The van der Waals surface area contributed by atoms with Crippen molar-refractivity contribution in [2.45, 2.75) is 30.5 Å². The summed E-state index contributed by atoms with van der Waals surface area (Å²) in [5, 5.41) is 9.96. The molecule has 1 aliphatic rings. The van der Waals surface area contributed by atoms with Crippen LogP contribution in [0.2, 0.25) is 0 Å². The molecule has 82 valence electrons. The smallest absolute Gasteiger partial charge is 0.130 e. The van der Waals surface area contributed by atoms with E-state index < -0.39 is 17.7 Å². The third-order valence-corrected chi connectivity index (χ3v) is 4.18. The van der Waals surface area contributed by atoms with E-state index in [-0.39, 0.29) is 5.25 Å². The average molecular weight is 230 g/mol. The van der Waals surface area contributed by atoms with E-state index in [1.54, 1.807) is 0 Å². The first-order chi connectivity index (χ1) is 7.13. The number of rotatable bonds is 1. The van der Waals surface area contributed by atoms with E-state index in [1.165, 1.54) is 17.8 Å². The van der Waals surface area contributed by atoms with Gasteiger partial charge in [0, 0.05) is 22.6 Å². The maximum atomic E-state index is 13.4. The van der Waals surface area contributed by atoms with Crippen LogP contribution in [-0.2, 0) is 5.75 Å². The molecule has 0 spiro atoms. The minimum Gasteiger partial charge on any atom is -0.387 e. The van der Waals surface area contributed by atoms with E-state index >= 15 is 0 Å². The largest absolute Gasteiger partial charge is 0.387 e. The first-order valence-electron chi connectivity index (χ1n) is 4.91. The van der Waals surface area contributed by atoms with Crippen molar-refractivity contribution in [1.82, 2.24) is 0 Å². The molecule has 0 aliphatic carbocycles. The van der Waals surface area contributed by atoms with Gasteiger partial charge >= 0.3 is 0 Å². The van der Waals surface area contributed by atoms with Crippen LogP contribution < -0.4 is 0 Å². The van der Waals surface area contributed by atoms with Crippen LogP contribution in [0.1, 0.15) is 30.6 Å². The van der Waals surface area contributed by atoms with Crippen LogP contribution in [-0.4, -0.2) is 10.4 Å². The molecule has 1 aromatic rings. The van der Waals surface area contributed by atoms with Crippen LogP contribution >= 0.6 is 11.8 Å². The molecule has 0 aromatic heterocycles. The standard InChI is InChI=1S/C11H12F2OS/c1-2-10-11(14)7-3-6(12)4-9(13)8(7)5-15-10/h3-4,10-11,14H,2,5H2,1H3. The van der Waals surface area contributed by atoms with Crippen LogP contribution in [0.15, 0.2) is 12.1 Å². The highest BCUT2D eigenvalue weighted by molar-refractivity contribution is 7.99. The number of halogens is 2. The lowest BCUT2D eigenvalue weighted by Crippen LogP contribution is -2.21. The highest BCUT2D eigenvalue weighted by Gasteiger charge is 2.29. The van der Waals surface area contributed by atoms with E-state index in [0.29, 0.717) is 16.9 Å². The van der Waals surface area contributed by atoms with E-state index in [2.05, 4.69) is 0 Å². The second kappa shape index (κ2) is 4.10. The Kier molecular flexibility index (Phi) is 2.98. The van der Waals surface area contributed by atoms with Gasteiger partial charge in [-0.05, 0) is 18.1 Å². The minimum atomic E-state index is -0.756. The summed E-state index contributed by atoms with van der Waals surface area (Å²) in [7, 11) is 0. The predicted molar refractivity (Wildman–Crippen MR) is 56.7 cm³/mol. The van der Waals surface area contributed by atoms with Crippen LogP contribution in [0.3, 0.4) is 0 Å². The average Bonchev–Trinajstić information content (AvgIpc) is 2.19. The summed E-state index contributed by atoms with van der Waals surface area (Å²) in [6, 6.07) is 2.11. The van der Waals surface area contributed by atoms with Gasteiger partial charge in [0.15, 0.2) is 0 Å². The molecule has 2 rings (SSSR count). The summed E-state index contributed by atoms with van der Waals surface area (Å²) >= 11 is 1.52. The zero-order valence-electron chi connectivity index (χ0n) is 8.34. The first-order valence-corrected chi connectivity index (χ1v) is 5.95. The van der Waals surface area contributed by atoms with E-state index in [0.717, 1.165) is 12.5 Å². The summed E-state index contributed by atoms with van der Waals surface area (Å²) in [5.41, 5.74) is 0.858. The number of benzene rings is 1. The summed E-state index contributed by atoms with van der Waals surface area (Å²) in [4.78, 5) is 0. The topological polar surface area (TPSA) is 20.2 Å². The van der Waals surface area contributed by atoms with Crippen LogP contribution in [0.4, 0.5) is 8.78 Å². The van der Waals surface area contributed by atoms with Crippen molar-refractivity contribution in [3.8, 4) is 0 Å². The van der Waals surface area contributed by atoms with Gasteiger partial charge in [0.1, 0.15) is 11.6 Å². The predicted octanol–water partition coefficient (Wildman–Crippen LogP) is 3.02. The van der Waals surface area contributed by atoms with Gasteiger partial charge in [-0.2, -0.15) is 11.8 Å². The van der Waals surface area contributed by atoms with Crippen molar-refractivity contribution >= 4 is 11.8 Å². The molecule has 0 saturated heterocycles. The molecule has 15 heavy (non-hydrogen) atoms. The first kappa shape index (κ1) is 10.9. The second-order valence-corrected chi connectivity index (χ2v) is 4.89. The Bertz CT molecular complexity index is 381. The Hall–Kier alpha value is -0.610. The van der Waals surface area contributed by atoms with Gasteiger partial charge < -0.3 is 5.11 Å². The van der Waals surface area contributed by atoms with Crippen LogP contribution in [0.5, 0.6) is 0 Å². The van der Waals surface area contributed by atoms with Crippen molar-refractivity contribution in [3.05, 3.63) is 34.9 Å². The van der Waals surface area contributed by atoms with Crippen LogP contribution in [0.25, 0.3) is 0 Å². The number of aliphatic hydroxyl groups is 1. The zero-order chi connectivity index (χ0) is 11.0. The molecule has 2 atom stereocenters. The van der Waals surface area contributed by atoms with Gasteiger partial charge in [-0.25, -0.2) is 8.78 Å². The maximum Gasteiger partial charge on any atom is 0.130 e. The molecule has 2 unspecified atom stereocenters. The monoisotopic (exact) mass is 230 g/mol. The number of fused-ring (bicyclic) bond motifs is 1. The van der Waals surface area contributed by atoms with Crippen molar-refractivity contribution in [2.75, 3.05) is 0 Å². The summed E-state index contributed by atoms with van der Waals surface area (Å²) in [6.07, 6.45) is 0.0394. The SMILES string of the molecule is CCC1SCc2c(F)cc(F)cc2C1O. The molecule has 4 heteroatoms. The van der Waals surface area contributed by atoms with E-state index in [4.69, 9.17) is 0 Å². The molecule has 1 N–H and O–H groups in total. The van der Waals surface area contributed by atoms with E-state index in [1.807, 2.05) is 6.92 Å². The second-order valence-electron chi connectivity index (χ2n) is 3.66. The Morgan fingerprint density at radius 2 is 2.20 bits per heavy atom. The van der Waals surface area contributed by atoms with Crippen molar-refractivity contribution in [1.29, 1.82) is 0 Å². The molecule has 0 fully saturated rings. The molecule has 0 amide bonds. The Morgan fingerprint density at radius 1 is 1.47 bits per heavy atom. The molecule has 0 saturated carbocycles. The number of thioether (sulfide) groups is 1. The fourth-order valence-electron chi connectivity index (χ4n) is 1.86. The Labute approximate surface area is 91.5 Å². The van der Waals surface area contributed by atoms with Gasteiger partial charge in [0.2, 0.25) is 0 Å². The molecule has 0 radical (unpaired) electrons. The zero-order valence-corrected chi connectivity index (χ0v) is 9.15. The molecular weight excluding hydrogens is 218 g/mol. The van der Waals surface area contributed by atoms with Gasteiger partial charge in [-0.1, -0.05) is 6.92 Å². The highest BCUT2D eigenvalue weighted by Crippen LogP contribution is 2.40. The summed E-state index contributed by atoms with van der Waals surface area (Å²) in [6.45, 7) is 1.96. The van der Waals surface area contributed by atoms with Gasteiger partial charge in [-0.15, -0.1) is 0 Å². The molecular formula is C11H12F2OS. The quantitative estimate of drug-likeness (QED) is 0.800. The molecule has 1 nitrogen and oxygen atoms in total. The van der Waals surface area contributed by atoms with Crippen molar-refractivity contribution in [2.24, 2.45) is 0 Å². The minimum absolute atomic E-state index is 0.0405. The lowest BCUT2D eigenvalue weighted by atomic mass is 9.98. The van der Waals surface area contributed by atoms with E-state index in [9.17, 15) is 13.9 Å². The number of hydrogen-bond acceptors (Lipinski definition) is 2. The molecule has 1 aliphatic heterocycles. The fourth-order valence-corrected chi connectivity index (χ4v) is 3.11. The third kappa shape index (κ3) is 1.88. The van der Waals surface area contributed by atoms with Gasteiger partial charge in [-0.3, -0.25) is 0 Å². The van der Waals surface area contributed by atoms with Crippen LogP contribution in [0, 0.1) is 11.6 Å². The molecule has 0 bridgehead atoms. The van der Waals surface area contributed by atoms with Gasteiger partial charge in [0.05, 0.1) is 6.10 Å². The normalized spacial score (nSPS) is 25.1. The van der Waals surface area contributed by atoms with Crippen molar-refractivity contribution in [3.63, 3.8) is 0 Å². The number of hydrogen-bond donors (Lipinski definition) is 1. The third-order valence-electron chi connectivity index (χ3n) is 2.71. The molecule has 1 heterocycles.